The second-order valence-corrected chi connectivity index (χ2v) is 11.2. The maximum absolute atomic E-state index is 12.9. The Balaban J connectivity index is 1.20. The number of carbonyl (C=O) groups is 1. The molecule has 1 saturated carbocycles. The van der Waals surface area contributed by atoms with Crippen molar-refractivity contribution >= 4 is 17.2 Å². The Morgan fingerprint density at radius 3 is 2.78 bits per heavy atom. The van der Waals surface area contributed by atoms with Crippen LogP contribution in [0.2, 0.25) is 0 Å². The largest absolute Gasteiger partial charge is 0.416 e. The highest BCUT2D eigenvalue weighted by Crippen LogP contribution is 2.41. The third-order valence-corrected chi connectivity index (χ3v) is 8.57. The number of hydrogen-bond acceptors (Lipinski definition) is 7. The lowest BCUT2D eigenvalue weighted by Crippen LogP contribution is -2.43. The van der Waals surface area contributed by atoms with Gasteiger partial charge in [0.2, 0.25) is 5.91 Å². The van der Waals surface area contributed by atoms with Crippen molar-refractivity contribution in [2.45, 2.75) is 81.5 Å². The maximum Gasteiger partial charge on any atom is 0.416 e. The van der Waals surface area contributed by atoms with Gasteiger partial charge >= 0.3 is 6.18 Å². The molecule has 1 aromatic carbocycles. The van der Waals surface area contributed by atoms with E-state index in [-0.39, 0.29) is 30.4 Å². The number of methoxy groups -OCH3 is 1. The average molecular weight is 542 g/mol. The molecule has 0 spiro atoms. The lowest BCUT2D eigenvalue weighted by molar-refractivity contribution is -0.137. The van der Waals surface area contributed by atoms with Crippen LogP contribution in [0.3, 0.4) is 0 Å². The number of halogens is 3. The fraction of sp³-hybridized carbons (Fsp3) is 0.615. The Morgan fingerprint density at radius 2 is 2.08 bits per heavy atom. The summed E-state index contributed by atoms with van der Waals surface area (Å²) < 4.78 is 43.9. The first-order valence-corrected chi connectivity index (χ1v) is 13.4. The number of rotatable bonds is 9. The van der Waals surface area contributed by atoms with Crippen LogP contribution < -0.4 is 5.32 Å². The monoisotopic (exact) mass is 541 g/mol. The van der Waals surface area contributed by atoms with Crippen molar-refractivity contribution in [2.24, 2.45) is 0 Å². The summed E-state index contributed by atoms with van der Waals surface area (Å²) in [4.78, 5) is 20.1. The van der Waals surface area contributed by atoms with Gasteiger partial charge in [-0.25, -0.2) is 4.98 Å². The molecule has 1 aromatic heterocycles. The van der Waals surface area contributed by atoms with Crippen molar-refractivity contribution < 1.29 is 32.9 Å². The van der Waals surface area contributed by atoms with Gasteiger partial charge in [0.15, 0.2) is 0 Å². The summed E-state index contributed by atoms with van der Waals surface area (Å²) in [5.41, 5.74) is -1.52. The number of nitrogens with zero attached hydrogens (tertiary/aromatic N) is 2. The van der Waals surface area contributed by atoms with E-state index < -0.39 is 23.4 Å². The van der Waals surface area contributed by atoms with E-state index in [1.807, 2.05) is 0 Å². The molecule has 37 heavy (non-hydrogen) atoms. The van der Waals surface area contributed by atoms with Gasteiger partial charge < -0.3 is 20.3 Å². The minimum atomic E-state index is -4.48. The van der Waals surface area contributed by atoms with Gasteiger partial charge in [-0.2, -0.15) is 13.2 Å². The third-order valence-electron chi connectivity index (χ3n) is 7.41. The van der Waals surface area contributed by atoms with Gasteiger partial charge in [0.25, 0.3) is 0 Å². The quantitative estimate of drug-likeness (QED) is 0.442. The number of thiazole rings is 1. The molecular weight excluding hydrogens is 507 g/mol. The topological polar surface area (TPSA) is 94.9 Å². The first kappa shape index (κ1) is 28.0. The van der Waals surface area contributed by atoms with Gasteiger partial charge in [-0.15, -0.1) is 11.3 Å². The minimum absolute atomic E-state index is 0.00268. The van der Waals surface area contributed by atoms with Crippen molar-refractivity contribution in [3.05, 3.63) is 51.5 Å². The van der Waals surface area contributed by atoms with Crippen LogP contribution in [0.1, 0.15) is 72.1 Å². The normalized spacial score (nSPS) is 25.8. The summed E-state index contributed by atoms with van der Waals surface area (Å²) in [5.74, 6) is -0.215. The van der Waals surface area contributed by atoms with Gasteiger partial charge in [0.1, 0.15) is 10.6 Å². The molecule has 2 aromatic rings. The van der Waals surface area contributed by atoms with E-state index in [0.717, 1.165) is 54.4 Å². The molecule has 204 valence electrons. The second kappa shape index (κ2) is 11.8. The molecule has 2 fully saturated rings. The molecule has 3 N–H and O–H groups in total. The van der Waals surface area contributed by atoms with Crippen LogP contribution in [0.25, 0.3) is 0 Å². The molecule has 2 aliphatic rings. The number of aliphatic hydroxyl groups is 2. The maximum atomic E-state index is 12.9. The zero-order valence-corrected chi connectivity index (χ0v) is 21.7. The number of benzene rings is 1. The fourth-order valence-electron chi connectivity index (χ4n) is 5.30. The van der Waals surface area contributed by atoms with Crippen molar-refractivity contribution in [2.75, 3.05) is 20.2 Å². The highest BCUT2D eigenvalue weighted by molar-refractivity contribution is 7.11. The molecule has 2 atom stereocenters. The highest BCUT2D eigenvalue weighted by atomic mass is 32.1. The number of aliphatic hydroxyl groups excluding tert-OH is 1. The molecule has 11 heteroatoms. The van der Waals surface area contributed by atoms with Crippen LogP contribution >= 0.6 is 11.3 Å². The van der Waals surface area contributed by atoms with E-state index in [2.05, 4.69) is 15.2 Å². The molecule has 2 heterocycles. The third kappa shape index (κ3) is 7.08. The van der Waals surface area contributed by atoms with Crippen LogP contribution in [0, 0.1) is 0 Å². The first-order chi connectivity index (χ1) is 17.6. The number of aromatic nitrogens is 1. The number of carbonyl (C=O) groups excluding carboxylic acids is 1. The summed E-state index contributed by atoms with van der Waals surface area (Å²) in [6.45, 7) is 2.03. The fourth-order valence-corrected chi connectivity index (χ4v) is 6.34. The Labute approximate surface area is 218 Å². The summed E-state index contributed by atoms with van der Waals surface area (Å²) in [6, 6.07) is 4.92. The summed E-state index contributed by atoms with van der Waals surface area (Å²) in [6.07, 6.45) is 0.0726. The van der Waals surface area contributed by atoms with E-state index in [9.17, 15) is 28.2 Å². The second-order valence-electron chi connectivity index (χ2n) is 10.0. The molecule has 2 unspecified atom stereocenters. The van der Waals surface area contributed by atoms with Crippen LogP contribution in [0.15, 0.2) is 30.5 Å². The molecule has 1 saturated heterocycles. The predicted octanol–water partition coefficient (Wildman–Crippen LogP) is 4.14. The van der Waals surface area contributed by atoms with Gasteiger partial charge in [0, 0.05) is 44.9 Å². The van der Waals surface area contributed by atoms with Crippen LogP contribution in [-0.2, 0) is 27.9 Å². The van der Waals surface area contributed by atoms with Crippen LogP contribution in [0.5, 0.6) is 0 Å². The van der Waals surface area contributed by atoms with Gasteiger partial charge in [-0.3, -0.25) is 9.69 Å². The summed E-state index contributed by atoms with van der Waals surface area (Å²) >= 11 is 1.50. The van der Waals surface area contributed by atoms with E-state index in [1.165, 1.54) is 23.5 Å². The first-order valence-electron chi connectivity index (χ1n) is 12.6. The number of likely N-dealkylation sites (tertiary alicyclic amines) is 1. The minimum Gasteiger partial charge on any atom is -0.388 e. The van der Waals surface area contributed by atoms with E-state index in [1.54, 1.807) is 13.3 Å². The Hall–Kier alpha value is -2.05. The van der Waals surface area contributed by atoms with E-state index in [4.69, 9.17) is 4.74 Å². The standard InChI is InChI=1S/C26H34F3N3O4S/c1-36-16-24-30-14-22(37-24)25(35)10-7-20(8-11-25)32-12-9-19(15-32)31-23(34)6-5-21(33)17-3-2-4-18(13-17)26(27,28)29/h2-4,13-14,19-21,33,35H,5-12,15-16H2,1H3,(H,31,34). The smallest absolute Gasteiger partial charge is 0.388 e. The van der Waals surface area contributed by atoms with E-state index >= 15 is 0 Å². The molecule has 1 amide bonds. The Kier molecular flexibility index (Phi) is 8.90. The van der Waals surface area contributed by atoms with Crippen molar-refractivity contribution in [1.29, 1.82) is 0 Å². The zero-order valence-electron chi connectivity index (χ0n) is 20.8. The molecule has 1 aliphatic carbocycles. The summed E-state index contributed by atoms with van der Waals surface area (Å²) in [5, 5.41) is 25.3. The SMILES string of the molecule is COCc1ncc(C2(O)CCC(N3CCC(NC(=O)CCC(O)c4cccc(C(F)(F)F)c4)C3)CC2)s1. The number of hydrogen-bond donors (Lipinski definition) is 3. The number of amides is 1. The average Bonchev–Trinajstić information content (AvgIpc) is 3.53. The Bertz CT molecular complexity index is 1060. The summed E-state index contributed by atoms with van der Waals surface area (Å²) in [7, 11) is 1.62. The van der Waals surface area contributed by atoms with Gasteiger partial charge in [0.05, 0.1) is 23.2 Å². The van der Waals surface area contributed by atoms with Crippen LogP contribution in [0.4, 0.5) is 13.2 Å². The van der Waals surface area contributed by atoms with Gasteiger partial charge in [-0.05, 0) is 56.2 Å². The molecular formula is C26H34F3N3O4S. The molecule has 0 bridgehead atoms. The zero-order chi connectivity index (χ0) is 26.6. The number of alkyl halides is 3. The predicted molar refractivity (Wildman–Crippen MR) is 133 cm³/mol. The molecule has 0 radical (unpaired) electrons. The van der Waals surface area contributed by atoms with Crippen LogP contribution in [-0.4, -0.2) is 58.3 Å². The van der Waals surface area contributed by atoms with E-state index in [0.29, 0.717) is 25.5 Å². The lowest BCUT2D eigenvalue weighted by atomic mass is 9.81. The molecule has 7 nitrogen and oxygen atoms in total. The van der Waals surface area contributed by atoms with Gasteiger partial charge in [-0.1, -0.05) is 12.1 Å². The lowest BCUT2D eigenvalue weighted by Gasteiger charge is -2.39. The Morgan fingerprint density at radius 1 is 1.32 bits per heavy atom. The van der Waals surface area contributed by atoms with Crippen molar-refractivity contribution in [1.82, 2.24) is 15.2 Å². The molecule has 1 aliphatic heterocycles. The molecule has 4 rings (SSSR count). The number of ether oxygens (including phenoxy) is 1. The van der Waals surface area contributed by atoms with Crippen molar-refractivity contribution in [3.63, 3.8) is 0 Å². The van der Waals surface area contributed by atoms with Crippen molar-refractivity contribution in [3.8, 4) is 0 Å². The number of nitrogens with one attached hydrogen (secondary N) is 1. The highest BCUT2D eigenvalue weighted by Gasteiger charge is 2.39.